The summed E-state index contributed by atoms with van der Waals surface area (Å²) in [7, 11) is 0. The number of carboxylic acid groups (broad SMARTS) is 1. The molecule has 0 aromatic carbocycles. The molecule has 1 aliphatic carbocycles. The summed E-state index contributed by atoms with van der Waals surface area (Å²) in [5, 5.41) is 8.74. The smallest absolute Gasteiger partial charge is 0.371 e. The van der Waals surface area contributed by atoms with Gasteiger partial charge in [-0.2, -0.15) is 0 Å². The van der Waals surface area contributed by atoms with E-state index in [9.17, 15) is 4.79 Å². The molecule has 0 saturated heterocycles. The largest absolute Gasteiger partial charge is 0.475 e. The Morgan fingerprint density at radius 1 is 1.29 bits per heavy atom. The zero-order valence-corrected chi connectivity index (χ0v) is 10.2. The van der Waals surface area contributed by atoms with Crippen molar-refractivity contribution >= 4 is 5.97 Å². The first-order valence-corrected chi connectivity index (χ1v) is 6.04. The minimum absolute atomic E-state index is 0.0723. The lowest BCUT2D eigenvalue weighted by Gasteiger charge is -2.30. The Hall–Kier alpha value is -1.45. The van der Waals surface area contributed by atoms with Crippen LogP contribution >= 0.6 is 0 Å². The third-order valence-electron chi connectivity index (χ3n) is 3.21. The Kier molecular flexibility index (Phi) is 3.41. The quantitative estimate of drug-likeness (QED) is 0.878. The van der Waals surface area contributed by atoms with Gasteiger partial charge in [0.25, 0.3) is 5.95 Å². The van der Waals surface area contributed by atoms with E-state index in [1.54, 1.807) is 6.07 Å². The van der Waals surface area contributed by atoms with Crippen LogP contribution in [0.4, 0.5) is 0 Å². The first-order valence-electron chi connectivity index (χ1n) is 6.04. The van der Waals surface area contributed by atoms with Crippen molar-refractivity contribution in [3.05, 3.63) is 17.9 Å². The van der Waals surface area contributed by atoms with Gasteiger partial charge >= 0.3 is 5.97 Å². The fourth-order valence-corrected chi connectivity index (χ4v) is 2.63. The topological polar surface area (TPSA) is 59.7 Å². The molecule has 17 heavy (non-hydrogen) atoms. The standard InChI is InChI=1S/C13H18O4/c1-8-5-9(2)7-10(6-8)16-12-4-3-11(17-12)13(14)15/h3-4,8-10H,5-7H2,1-2H3,(H,14,15). The maximum absolute atomic E-state index is 10.7. The second-order valence-corrected chi connectivity index (χ2v) is 5.08. The second kappa shape index (κ2) is 4.82. The third-order valence-corrected chi connectivity index (χ3v) is 3.21. The van der Waals surface area contributed by atoms with Crippen LogP contribution in [0.15, 0.2) is 16.5 Å². The molecule has 0 radical (unpaired) electrons. The van der Waals surface area contributed by atoms with Crippen molar-refractivity contribution in [1.29, 1.82) is 0 Å². The van der Waals surface area contributed by atoms with Gasteiger partial charge in [0.15, 0.2) is 0 Å². The average Bonchev–Trinajstić information content (AvgIpc) is 2.64. The molecular weight excluding hydrogens is 220 g/mol. The molecule has 0 spiro atoms. The van der Waals surface area contributed by atoms with Crippen LogP contribution in [-0.4, -0.2) is 17.2 Å². The first-order chi connectivity index (χ1) is 8.04. The molecule has 1 N–H and O–H groups in total. The van der Waals surface area contributed by atoms with Gasteiger partial charge in [0, 0.05) is 6.07 Å². The number of hydrogen-bond donors (Lipinski definition) is 1. The van der Waals surface area contributed by atoms with Crippen LogP contribution in [0.1, 0.15) is 43.7 Å². The number of carboxylic acids is 1. The minimum atomic E-state index is -1.06. The van der Waals surface area contributed by atoms with E-state index in [0.717, 1.165) is 12.8 Å². The number of aromatic carboxylic acids is 1. The van der Waals surface area contributed by atoms with Crippen LogP contribution < -0.4 is 4.74 Å². The Morgan fingerprint density at radius 3 is 2.47 bits per heavy atom. The number of rotatable bonds is 3. The number of hydrogen-bond acceptors (Lipinski definition) is 3. The van der Waals surface area contributed by atoms with Crippen molar-refractivity contribution in [3.63, 3.8) is 0 Å². The highest BCUT2D eigenvalue weighted by Gasteiger charge is 2.26. The summed E-state index contributed by atoms with van der Waals surface area (Å²) in [4.78, 5) is 10.7. The van der Waals surface area contributed by atoms with Crippen LogP contribution in [0.3, 0.4) is 0 Å². The lowest BCUT2D eigenvalue weighted by molar-refractivity contribution is 0.0598. The Bertz CT molecular complexity index is 386. The maximum atomic E-state index is 10.7. The van der Waals surface area contributed by atoms with Gasteiger partial charge in [-0.05, 0) is 37.2 Å². The van der Waals surface area contributed by atoms with Gasteiger partial charge in [-0.15, -0.1) is 0 Å². The van der Waals surface area contributed by atoms with Crippen LogP contribution in [0, 0.1) is 11.8 Å². The van der Waals surface area contributed by atoms with Crippen molar-refractivity contribution in [2.24, 2.45) is 11.8 Å². The van der Waals surface area contributed by atoms with E-state index in [4.69, 9.17) is 14.3 Å². The van der Waals surface area contributed by atoms with Crippen LogP contribution in [0.5, 0.6) is 5.95 Å². The van der Waals surface area contributed by atoms with Gasteiger partial charge in [-0.1, -0.05) is 13.8 Å². The van der Waals surface area contributed by atoms with Gasteiger partial charge in [0.05, 0.1) is 0 Å². The Balaban J connectivity index is 1.97. The maximum Gasteiger partial charge on any atom is 0.371 e. The van der Waals surface area contributed by atoms with E-state index in [2.05, 4.69) is 13.8 Å². The van der Waals surface area contributed by atoms with Crippen molar-refractivity contribution < 1.29 is 19.1 Å². The molecule has 2 atom stereocenters. The first kappa shape index (κ1) is 12.0. The highest BCUT2D eigenvalue weighted by Crippen LogP contribution is 2.31. The van der Waals surface area contributed by atoms with Crippen molar-refractivity contribution in [1.82, 2.24) is 0 Å². The lowest BCUT2D eigenvalue weighted by atomic mass is 9.82. The summed E-state index contributed by atoms with van der Waals surface area (Å²) >= 11 is 0. The molecule has 0 aliphatic heterocycles. The van der Waals surface area contributed by atoms with E-state index in [0.29, 0.717) is 17.8 Å². The van der Waals surface area contributed by atoms with E-state index in [1.807, 2.05) is 0 Å². The Labute approximate surface area is 101 Å². The van der Waals surface area contributed by atoms with E-state index in [-0.39, 0.29) is 11.9 Å². The molecule has 0 amide bonds. The van der Waals surface area contributed by atoms with Gasteiger partial charge in [-0.25, -0.2) is 4.79 Å². The zero-order valence-electron chi connectivity index (χ0n) is 10.2. The summed E-state index contributed by atoms with van der Waals surface area (Å²) in [6, 6.07) is 3.00. The van der Waals surface area contributed by atoms with Crippen LogP contribution in [0.25, 0.3) is 0 Å². The summed E-state index contributed by atoms with van der Waals surface area (Å²) < 4.78 is 10.8. The molecule has 1 saturated carbocycles. The third kappa shape index (κ3) is 3.02. The predicted octanol–water partition coefficient (Wildman–Crippen LogP) is 3.18. The fourth-order valence-electron chi connectivity index (χ4n) is 2.63. The van der Waals surface area contributed by atoms with Gasteiger partial charge < -0.3 is 14.3 Å². The second-order valence-electron chi connectivity index (χ2n) is 5.08. The monoisotopic (exact) mass is 238 g/mol. The number of ether oxygens (including phenoxy) is 1. The highest BCUT2D eigenvalue weighted by atomic mass is 16.6. The van der Waals surface area contributed by atoms with E-state index >= 15 is 0 Å². The van der Waals surface area contributed by atoms with Crippen LogP contribution in [-0.2, 0) is 0 Å². The molecular formula is C13H18O4. The molecule has 2 unspecified atom stereocenters. The van der Waals surface area contributed by atoms with Crippen molar-refractivity contribution in [2.75, 3.05) is 0 Å². The molecule has 1 aliphatic rings. The van der Waals surface area contributed by atoms with Crippen LogP contribution in [0.2, 0.25) is 0 Å². The van der Waals surface area contributed by atoms with Gasteiger partial charge in [-0.3, -0.25) is 0 Å². The summed E-state index contributed by atoms with van der Waals surface area (Å²) in [5.41, 5.74) is 0. The predicted molar refractivity (Wildman–Crippen MR) is 62.3 cm³/mol. The van der Waals surface area contributed by atoms with Crippen molar-refractivity contribution in [2.45, 2.75) is 39.2 Å². The highest BCUT2D eigenvalue weighted by molar-refractivity contribution is 5.84. The molecule has 4 nitrogen and oxygen atoms in total. The lowest BCUT2D eigenvalue weighted by Crippen LogP contribution is -2.28. The number of furan rings is 1. The molecule has 94 valence electrons. The number of carbonyl (C=O) groups is 1. The van der Waals surface area contributed by atoms with E-state index in [1.165, 1.54) is 12.5 Å². The zero-order chi connectivity index (χ0) is 12.4. The average molecular weight is 238 g/mol. The molecule has 4 heteroatoms. The van der Waals surface area contributed by atoms with Gasteiger partial charge in [0.1, 0.15) is 6.10 Å². The minimum Gasteiger partial charge on any atom is -0.475 e. The van der Waals surface area contributed by atoms with Gasteiger partial charge in [0.2, 0.25) is 5.76 Å². The van der Waals surface area contributed by atoms with Crippen molar-refractivity contribution in [3.8, 4) is 5.95 Å². The molecule has 1 heterocycles. The molecule has 1 aromatic heterocycles. The molecule has 1 aromatic rings. The molecule has 0 bridgehead atoms. The molecule has 1 fully saturated rings. The summed E-state index contributed by atoms with van der Waals surface area (Å²) in [5.74, 6) is 0.478. The molecule has 2 rings (SSSR count). The SMILES string of the molecule is CC1CC(C)CC(Oc2ccc(C(=O)O)o2)C1. The summed E-state index contributed by atoms with van der Waals surface area (Å²) in [6.07, 6.45) is 3.39. The summed E-state index contributed by atoms with van der Waals surface area (Å²) in [6.45, 7) is 4.44. The Morgan fingerprint density at radius 2 is 1.94 bits per heavy atom. The van der Waals surface area contributed by atoms with E-state index < -0.39 is 5.97 Å². The fraction of sp³-hybridized carbons (Fsp3) is 0.615. The normalized spacial score (nSPS) is 28.9.